The average molecular weight is 419 g/mol. The maximum Gasteiger partial charge on any atom is 0.239 e. The number of nitrogens with zero attached hydrogens (tertiary/aromatic N) is 1. The molecule has 1 aliphatic rings. The molecule has 7 heteroatoms. The standard InChI is InChI=1S/C17H24BrN3O2.ClH/c1-3-17(4-2,11-19)20-15(22)12-9-10-21(16(12)23)14-8-6-5-7-13(14)18;/h5-8,12H,3-4,9-11,19H2,1-2H3,(H,20,22);1H. The molecule has 1 unspecified atom stereocenters. The summed E-state index contributed by atoms with van der Waals surface area (Å²) in [5.74, 6) is -0.989. The van der Waals surface area contributed by atoms with Crippen LogP contribution in [0.1, 0.15) is 33.1 Å². The summed E-state index contributed by atoms with van der Waals surface area (Å²) in [5.41, 5.74) is 6.22. The Morgan fingerprint density at radius 1 is 1.38 bits per heavy atom. The number of carbonyl (C=O) groups excluding carboxylic acids is 2. The maximum atomic E-state index is 12.7. The Labute approximate surface area is 157 Å². The van der Waals surface area contributed by atoms with Crippen molar-refractivity contribution in [2.45, 2.75) is 38.6 Å². The first-order valence-electron chi connectivity index (χ1n) is 8.06. The van der Waals surface area contributed by atoms with Gasteiger partial charge in [-0.3, -0.25) is 9.59 Å². The summed E-state index contributed by atoms with van der Waals surface area (Å²) in [6.45, 7) is 4.93. The van der Waals surface area contributed by atoms with E-state index in [4.69, 9.17) is 5.73 Å². The van der Waals surface area contributed by atoms with Gasteiger partial charge in [-0.15, -0.1) is 12.4 Å². The van der Waals surface area contributed by atoms with Crippen LogP contribution in [0.3, 0.4) is 0 Å². The number of nitrogens with two attached hydrogens (primary N) is 1. The predicted octanol–water partition coefficient (Wildman–Crippen LogP) is 2.86. The number of carbonyl (C=O) groups is 2. The number of halogens is 2. The molecule has 1 aliphatic heterocycles. The molecule has 5 nitrogen and oxygen atoms in total. The molecule has 134 valence electrons. The van der Waals surface area contributed by atoms with Crippen LogP contribution in [0.25, 0.3) is 0 Å². The van der Waals surface area contributed by atoms with Crippen molar-refractivity contribution < 1.29 is 9.59 Å². The van der Waals surface area contributed by atoms with Crippen LogP contribution in [-0.2, 0) is 9.59 Å². The van der Waals surface area contributed by atoms with Crippen LogP contribution in [0.5, 0.6) is 0 Å². The van der Waals surface area contributed by atoms with E-state index in [1.807, 2.05) is 38.1 Å². The van der Waals surface area contributed by atoms with E-state index in [0.29, 0.717) is 19.5 Å². The van der Waals surface area contributed by atoms with Gasteiger partial charge in [0.15, 0.2) is 0 Å². The van der Waals surface area contributed by atoms with Gasteiger partial charge >= 0.3 is 0 Å². The van der Waals surface area contributed by atoms with Crippen LogP contribution in [0.4, 0.5) is 5.69 Å². The van der Waals surface area contributed by atoms with Crippen molar-refractivity contribution in [1.29, 1.82) is 0 Å². The molecule has 0 aromatic heterocycles. The van der Waals surface area contributed by atoms with Crippen molar-refractivity contribution in [3.63, 3.8) is 0 Å². The van der Waals surface area contributed by atoms with E-state index >= 15 is 0 Å². The van der Waals surface area contributed by atoms with Gasteiger partial charge in [-0.2, -0.15) is 0 Å². The molecule has 1 fully saturated rings. The largest absolute Gasteiger partial charge is 0.349 e. The second-order valence-corrected chi connectivity index (χ2v) is 6.82. The molecule has 1 heterocycles. The van der Waals surface area contributed by atoms with Gasteiger partial charge in [0.2, 0.25) is 11.8 Å². The Kier molecular flexibility index (Phi) is 7.70. The summed E-state index contributed by atoms with van der Waals surface area (Å²) in [6, 6.07) is 7.55. The first kappa shape index (κ1) is 20.9. The molecule has 1 saturated heterocycles. The molecule has 1 aromatic rings. The van der Waals surface area contributed by atoms with Gasteiger partial charge in [-0.05, 0) is 47.3 Å². The zero-order valence-corrected chi connectivity index (χ0v) is 16.5. The number of para-hydroxylation sites is 1. The molecule has 0 bridgehead atoms. The summed E-state index contributed by atoms with van der Waals surface area (Å²) in [7, 11) is 0. The second-order valence-electron chi connectivity index (χ2n) is 5.96. The smallest absolute Gasteiger partial charge is 0.239 e. The van der Waals surface area contributed by atoms with Gasteiger partial charge in [0, 0.05) is 17.6 Å². The third-order valence-corrected chi connectivity index (χ3v) is 5.47. The molecule has 2 amide bonds. The summed E-state index contributed by atoms with van der Waals surface area (Å²) in [4.78, 5) is 26.9. The number of anilines is 1. The highest BCUT2D eigenvalue weighted by molar-refractivity contribution is 9.10. The van der Waals surface area contributed by atoms with Crippen LogP contribution in [0.2, 0.25) is 0 Å². The van der Waals surface area contributed by atoms with E-state index in [0.717, 1.165) is 23.0 Å². The Morgan fingerprint density at radius 2 is 2.00 bits per heavy atom. The minimum atomic E-state index is -0.633. The normalized spacial score (nSPS) is 17.6. The van der Waals surface area contributed by atoms with Crippen molar-refractivity contribution in [2.75, 3.05) is 18.0 Å². The first-order chi connectivity index (χ1) is 11.0. The summed E-state index contributed by atoms with van der Waals surface area (Å²) >= 11 is 3.46. The Bertz CT molecular complexity index is 585. The van der Waals surface area contributed by atoms with Crippen LogP contribution in [0, 0.1) is 5.92 Å². The third kappa shape index (κ3) is 4.10. The van der Waals surface area contributed by atoms with Crippen molar-refractivity contribution in [3.8, 4) is 0 Å². The fraction of sp³-hybridized carbons (Fsp3) is 0.529. The maximum absolute atomic E-state index is 12.7. The highest BCUT2D eigenvalue weighted by Gasteiger charge is 2.40. The molecule has 24 heavy (non-hydrogen) atoms. The lowest BCUT2D eigenvalue weighted by Crippen LogP contribution is -2.55. The fourth-order valence-corrected chi connectivity index (χ4v) is 3.45. The van der Waals surface area contributed by atoms with Crippen LogP contribution in [-0.4, -0.2) is 30.4 Å². The van der Waals surface area contributed by atoms with Gasteiger partial charge in [-0.25, -0.2) is 0 Å². The SMILES string of the molecule is CCC(CC)(CN)NC(=O)C1CCN(c2ccccc2Br)C1=O.Cl. The van der Waals surface area contributed by atoms with Crippen LogP contribution in [0.15, 0.2) is 28.7 Å². The number of amides is 2. The first-order valence-corrected chi connectivity index (χ1v) is 8.85. The number of benzene rings is 1. The van der Waals surface area contributed by atoms with Crippen molar-refractivity contribution in [1.82, 2.24) is 5.32 Å². The fourth-order valence-electron chi connectivity index (χ4n) is 2.95. The highest BCUT2D eigenvalue weighted by atomic mass is 79.9. The lowest BCUT2D eigenvalue weighted by Gasteiger charge is -2.32. The Hall–Kier alpha value is -1.11. The van der Waals surface area contributed by atoms with Gasteiger partial charge in [-0.1, -0.05) is 26.0 Å². The van der Waals surface area contributed by atoms with Crippen LogP contribution >= 0.6 is 28.3 Å². The summed E-state index contributed by atoms with van der Waals surface area (Å²) in [5, 5.41) is 3.02. The topological polar surface area (TPSA) is 75.4 Å². The number of rotatable bonds is 6. The average Bonchev–Trinajstić information content (AvgIpc) is 2.95. The molecule has 0 radical (unpaired) electrons. The number of hydrogen-bond acceptors (Lipinski definition) is 3. The van der Waals surface area contributed by atoms with Crippen molar-refractivity contribution in [3.05, 3.63) is 28.7 Å². The Balaban J connectivity index is 0.00000288. The molecule has 1 aromatic carbocycles. The van der Waals surface area contributed by atoms with E-state index in [2.05, 4.69) is 21.2 Å². The zero-order valence-electron chi connectivity index (χ0n) is 14.0. The highest BCUT2D eigenvalue weighted by Crippen LogP contribution is 2.31. The predicted molar refractivity (Wildman–Crippen MR) is 102 cm³/mol. The van der Waals surface area contributed by atoms with Gasteiger partial charge in [0.05, 0.1) is 11.2 Å². The molecule has 0 spiro atoms. The molecular weight excluding hydrogens is 394 g/mol. The van der Waals surface area contributed by atoms with E-state index in [-0.39, 0.29) is 24.2 Å². The minimum absolute atomic E-state index is 0. The molecule has 0 saturated carbocycles. The molecule has 3 N–H and O–H groups in total. The van der Waals surface area contributed by atoms with Crippen molar-refractivity contribution in [2.24, 2.45) is 11.7 Å². The quantitative estimate of drug-likeness (QED) is 0.698. The molecule has 1 atom stereocenters. The molecular formula is C17H25BrClN3O2. The lowest BCUT2D eigenvalue weighted by molar-refractivity contribution is -0.133. The third-order valence-electron chi connectivity index (χ3n) is 4.80. The van der Waals surface area contributed by atoms with Gasteiger partial charge < -0.3 is 16.0 Å². The van der Waals surface area contributed by atoms with E-state index in [1.165, 1.54) is 0 Å². The van der Waals surface area contributed by atoms with Crippen LogP contribution < -0.4 is 16.0 Å². The van der Waals surface area contributed by atoms with Gasteiger partial charge in [0.1, 0.15) is 5.92 Å². The summed E-state index contributed by atoms with van der Waals surface area (Å²) in [6.07, 6.45) is 2.03. The minimum Gasteiger partial charge on any atom is -0.349 e. The second kappa shape index (κ2) is 8.83. The summed E-state index contributed by atoms with van der Waals surface area (Å²) < 4.78 is 0.854. The van der Waals surface area contributed by atoms with E-state index in [1.54, 1.807) is 4.90 Å². The zero-order chi connectivity index (χ0) is 17.0. The Morgan fingerprint density at radius 3 is 2.54 bits per heavy atom. The van der Waals surface area contributed by atoms with Crippen molar-refractivity contribution >= 4 is 45.8 Å². The lowest BCUT2D eigenvalue weighted by atomic mass is 9.91. The number of nitrogens with one attached hydrogen (secondary N) is 1. The van der Waals surface area contributed by atoms with E-state index < -0.39 is 11.5 Å². The number of hydrogen-bond donors (Lipinski definition) is 2. The molecule has 0 aliphatic carbocycles. The molecule has 2 rings (SSSR count). The van der Waals surface area contributed by atoms with E-state index in [9.17, 15) is 9.59 Å². The monoisotopic (exact) mass is 417 g/mol. The van der Waals surface area contributed by atoms with Gasteiger partial charge in [0.25, 0.3) is 0 Å².